The zero-order valence-electron chi connectivity index (χ0n) is 9.67. The van der Waals surface area contributed by atoms with E-state index in [1.54, 1.807) is 0 Å². The molecule has 0 spiro atoms. The van der Waals surface area contributed by atoms with E-state index in [4.69, 9.17) is 5.11 Å². The fraction of sp³-hybridized carbons (Fsp3) is 0.417. The maximum absolute atomic E-state index is 10.5. The van der Waals surface area contributed by atoms with Crippen LogP contribution in [0.2, 0.25) is 0 Å². The maximum Gasteiger partial charge on any atom is 0.404 e. The van der Waals surface area contributed by atoms with Gasteiger partial charge in [0.05, 0.1) is 0 Å². The average molecular weight is 286 g/mol. The Kier molecular flexibility index (Phi) is 3.97. The van der Waals surface area contributed by atoms with Gasteiger partial charge in [0.25, 0.3) is 0 Å². The first-order valence-electron chi connectivity index (χ1n) is 5.06. The highest BCUT2D eigenvalue weighted by atomic mass is 79.9. The number of rotatable bonds is 3. The standard InChI is InChI=1S/C12H16BrNO2/c1-8-4-5-9(13)6-10(8)12(2,3)7-14-11(15)16/h4-6,14H,7H2,1-3H3,(H,15,16). The van der Waals surface area contributed by atoms with Gasteiger partial charge in [-0.1, -0.05) is 35.8 Å². The molecule has 0 heterocycles. The molecule has 0 aliphatic heterocycles. The smallest absolute Gasteiger partial charge is 0.404 e. The minimum absolute atomic E-state index is 0.216. The van der Waals surface area contributed by atoms with Gasteiger partial charge in [0.15, 0.2) is 0 Å². The Morgan fingerprint density at radius 1 is 1.50 bits per heavy atom. The fourth-order valence-electron chi connectivity index (χ4n) is 1.72. The van der Waals surface area contributed by atoms with E-state index in [9.17, 15) is 4.79 Å². The molecule has 16 heavy (non-hydrogen) atoms. The van der Waals surface area contributed by atoms with E-state index in [1.807, 2.05) is 39.0 Å². The molecule has 0 radical (unpaired) electrons. The Labute approximate surface area is 104 Å². The molecule has 3 nitrogen and oxygen atoms in total. The molecule has 88 valence electrons. The molecule has 0 unspecified atom stereocenters. The van der Waals surface area contributed by atoms with Crippen molar-refractivity contribution in [1.29, 1.82) is 0 Å². The third kappa shape index (κ3) is 3.23. The van der Waals surface area contributed by atoms with Gasteiger partial charge >= 0.3 is 6.09 Å². The SMILES string of the molecule is Cc1ccc(Br)cc1C(C)(C)CNC(=O)O. The number of hydrogen-bond acceptors (Lipinski definition) is 1. The minimum Gasteiger partial charge on any atom is -0.465 e. The van der Waals surface area contributed by atoms with Crippen molar-refractivity contribution in [3.63, 3.8) is 0 Å². The summed E-state index contributed by atoms with van der Waals surface area (Å²) in [7, 11) is 0. The van der Waals surface area contributed by atoms with Gasteiger partial charge in [-0.15, -0.1) is 0 Å². The molecule has 0 aromatic heterocycles. The summed E-state index contributed by atoms with van der Waals surface area (Å²) < 4.78 is 1.01. The van der Waals surface area contributed by atoms with Crippen LogP contribution in [0.15, 0.2) is 22.7 Å². The lowest BCUT2D eigenvalue weighted by Crippen LogP contribution is -2.36. The average Bonchev–Trinajstić information content (AvgIpc) is 2.19. The molecule has 4 heteroatoms. The number of benzene rings is 1. The van der Waals surface area contributed by atoms with Crippen molar-refractivity contribution in [3.05, 3.63) is 33.8 Å². The molecular formula is C12H16BrNO2. The molecule has 0 bridgehead atoms. The van der Waals surface area contributed by atoms with E-state index in [0.29, 0.717) is 6.54 Å². The predicted octanol–water partition coefficient (Wildman–Crippen LogP) is 3.30. The molecule has 0 saturated heterocycles. The maximum atomic E-state index is 10.5. The Bertz CT molecular complexity index is 402. The number of halogens is 1. The van der Waals surface area contributed by atoms with Crippen LogP contribution in [0.25, 0.3) is 0 Å². The summed E-state index contributed by atoms with van der Waals surface area (Å²) in [6.07, 6.45) is -0.985. The Balaban J connectivity index is 2.96. The number of aryl methyl sites for hydroxylation is 1. The van der Waals surface area contributed by atoms with Gasteiger partial charge in [0.1, 0.15) is 0 Å². The third-order valence-electron chi connectivity index (χ3n) is 2.61. The number of carboxylic acid groups (broad SMARTS) is 1. The van der Waals surface area contributed by atoms with Crippen LogP contribution in [0.4, 0.5) is 4.79 Å². The molecule has 0 fully saturated rings. The first kappa shape index (κ1) is 13.0. The van der Waals surface area contributed by atoms with Gasteiger partial charge in [-0.05, 0) is 30.2 Å². The van der Waals surface area contributed by atoms with Crippen LogP contribution in [0.1, 0.15) is 25.0 Å². The van der Waals surface area contributed by atoms with Crippen molar-refractivity contribution in [3.8, 4) is 0 Å². The molecule has 2 N–H and O–H groups in total. The zero-order valence-corrected chi connectivity index (χ0v) is 11.3. The number of carbonyl (C=O) groups is 1. The minimum atomic E-state index is -0.985. The summed E-state index contributed by atoms with van der Waals surface area (Å²) >= 11 is 3.43. The molecular weight excluding hydrogens is 270 g/mol. The van der Waals surface area contributed by atoms with Crippen LogP contribution in [0.3, 0.4) is 0 Å². The second-order valence-corrected chi connectivity index (χ2v) is 5.42. The molecule has 0 atom stereocenters. The topological polar surface area (TPSA) is 49.3 Å². The number of amides is 1. The van der Waals surface area contributed by atoms with Gasteiger partial charge < -0.3 is 10.4 Å². The van der Waals surface area contributed by atoms with Crippen LogP contribution >= 0.6 is 15.9 Å². The molecule has 1 aromatic carbocycles. The third-order valence-corrected chi connectivity index (χ3v) is 3.10. The Morgan fingerprint density at radius 2 is 2.12 bits per heavy atom. The van der Waals surface area contributed by atoms with Gasteiger partial charge in [-0.3, -0.25) is 0 Å². The first-order chi connectivity index (χ1) is 7.33. The van der Waals surface area contributed by atoms with E-state index < -0.39 is 6.09 Å². The van der Waals surface area contributed by atoms with Crippen LogP contribution in [0.5, 0.6) is 0 Å². The normalized spacial score (nSPS) is 11.2. The van der Waals surface area contributed by atoms with Gasteiger partial charge in [0.2, 0.25) is 0 Å². The quantitative estimate of drug-likeness (QED) is 0.895. The summed E-state index contributed by atoms with van der Waals surface area (Å²) in [5.74, 6) is 0. The monoisotopic (exact) mass is 285 g/mol. The van der Waals surface area contributed by atoms with Crippen LogP contribution in [-0.2, 0) is 5.41 Å². The second-order valence-electron chi connectivity index (χ2n) is 4.50. The van der Waals surface area contributed by atoms with E-state index in [0.717, 1.165) is 10.0 Å². The highest BCUT2D eigenvalue weighted by Crippen LogP contribution is 2.28. The molecule has 1 rings (SSSR count). The van der Waals surface area contributed by atoms with Gasteiger partial charge in [0, 0.05) is 16.4 Å². The largest absolute Gasteiger partial charge is 0.465 e. The predicted molar refractivity (Wildman–Crippen MR) is 67.9 cm³/mol. The molecule has 1 amide bonds. The van der Waals surface area contributed by atoms with E-state index in [2.05, 4.69) is 21.2 Å². The summed E-state index contributed by atoms with van der Waals surface area (Å²) in [4.78, 5) is 10.5. The molecule has 0 saturated carbocycles. The van der Waals surface area contributed by atoms with Gasteiger partial charge in [-0.2, -0.15) is 0 Å². The highest BCUT2D eigenvalue weighted by Gasteiger charge is 2.23. The number of hydrogen-bond donors (Lipinski definition) is 2. The van der Waals surface area contributed by atoms with Crippen LogP contribution in [0, 0.1) is 6.92 Å². The Morgan fingerprint density at radius 3 is 2.69 bits per heavy atom. The lowest BCUT2D eigenvalue weighted by molar-refractivity contribution is 0.192. The lowest BCUT2D eigenvalue weighted by atomic mass is 9.82. The second kappa shape index (κ2) is 4.87. The molecule has 0 aliphatic carbocycles. The fourth-order valence-corrected chi connectivity index (χ4v) is 2.08. The van der Waals surface area contributed by atoms with Crippen LogP contribution in [-0.4, -0.2) is 17.7 Å². The summed E-state index contributed by atoms with van der Waals surface area (Å²) in [5, 5.41) is 11.1. The summed E-state index contributed by atoms with van der Waals surface area (Å²) in [6.45, 7) is 6.49. The molecule has 1 aromatic rings. The van der Waals surface area contributed by atoms with Crippen molar-refractivity contribution in [2.75, 3.05) is 6.54 Å². The van der Waals surface area contributed by atoms with E-state index in [-0.39, 0.29) is 5.41 Å². The van der Waals surface area contributed by atoms with E-state index >= 15 is 0 Å². The van der Waals surface area contributed by atoms with Crippen molar-refractivity contribution in [2.24, 2.45) is 0 Å². The Hall–Kier alpha value is -1.03. The van der Waals surface area contributed by atoms with E-state index in [1.165, 1.54) is 5.56 Å². The first-order valence-corrected chi connectivity index (χ1v) is 5.85. The van der Waals surface area contributed by atoms with Crippen molar-refractivity contribution in [2.45, 2.75) is 26.2 Å². The van der Waals surface area contributed by atoms with Crippen molar-refractivity contribution >= 4 is 22.0 Å². The van der Waals surface area contributed by atoms with Crippen molar-refractivity contribution < 1.29 is 9.90 Å². The zero-order chi connectivity index (χ0) is 12.3. The highest BCUT2D eigenvalue weighted by molar-refractivity contribution is 9.10. The van der Waals surface area contributed by atoms with Crippen molar-refractivity contribution in [1.82, 2.24) is 5.32 Å². The van der Waals surface area contributed by atoms with Gasteiger partial charge in [-0.25, -0.2) is 4.79 Å². The number of nitrogens with one attached hydrogen (secondary N) is 1. The summed E-state index contributed by atoms with van der Waals surface area (Å²) in [5.41, 5.74) is 2.10. The van der Waals surface area contributed by atoms with Crippen LogP contribution < -0.4 is 5.32 Å². The lowest BCUT2D eigenvalue weighted by Gasteiger charge is -2.27. The molecule has 0 aliphatic rings. The summed E-state index contributed by atoms with van der Waals surface area (Å²) in [6, 6.07) is 6.06.